The van der Waals surface area contributed by atoms with E-state index < -0.39 is 5.54 Å². The van der Waals surface area contributed by atoms with Gasteiger partial charge in [-0.15, -0.1) is 0 Å². The topological polar surface area (TPSA) is 58.8 Å². The first-order valence-electron chi connectivity index (χ1n) is 7.45. The van der Waals surface area contributed by atoms with Crippen LogP contribution < -0.4 is 5.73 Å². The van der Waals surface area contributed by atoms with Gasteiger partial charge < -0.3 is 15.4 Å². The number of piperazine rings is 1. The SMILES string of the molecule is CCOC(=O)C(C)(N)CCN1CCN2CCCC2C1. The molecule has 0 aromatic carbocycles. The lowest BCUT2D eigenvalue weighted by Crippen LogP contribution is -2.53. The van der Waals surface area contributed by atoms with E-state index in [9.17, 15) is 4.79 Å². The smallest absolute Gasteiger partial charge is 0.325 e. The molecule has 2 atom stereocenters. The summed E-state index contributed by atoms with van der Waals surface area (Å²) in [4.78, 5) is 16.8. The number of nitrogens with two attached hydrogens (primary N) is 1. The summed E-state index contributed by atoms with van der Waals surface area (Å²) in [5.41, 5.74) is 5.20. The van der Waals surface area contributed by atoms with Crippen LogP contribution in [-0.4, -0.2) is 66.7 Å². The zero-order valence-corrected chi connectivity index (χ0v) is 12.2. The second-order valence-corrected chi connectivity index (χ2v) is 6.02. The molecule has 0 amide bonds. The molecule has 0 aliphatic carbocycles. The van der Waals surface area contributed by atoms with Gasteiger partial charge in [-0.25, -0.2) is 0 Å². The molecule has 0 saturated carbocycles. The second-order valence-electron chi connectivity index (χ2n) is 6.02. The molecule has 0 spiro atoms. The summed E-state index contributed by atoms with van der Waals surface area (Å²) in [6, 6.07) is 0.723. The van der Waals surface area contributed by atoms with Gasteiger partial charge in [0.1, 0.15) is 5.54 Å². The zero-order chi connectivity index (χ0) is 13.9. The van der Waals surface area contributed by atoms with Crippen LogP contribution in [-0.2, 0) is 9.53 Å². The minimum absolute atomic E-state index is 0.283. The molecule has 2 unspecified atom stereocenters. The van der Waals surface area contributed by atoms with Crippen LogP contribution in [0.15, 0.2) is 0 Å². The quantitative estimate of drug-likeness (QED) is 0.734. The molecular weight excluding hydrogens is 242 g/mol. The van der Waals surface area contributed by atoms with Crippen LogP contribution in [0.4, 0.5) is 0 Å². The summed E-state index contributed by atoms with van der Waals surface area (Å²) in [5.74, 6) is -0.283. The van der Waals surface area contributed by atoms with E-state index in [1.165, 1.54) is 19.4 Å². The molecule has 2 aliphatic rings. The highest BCUT2D eigenvalue weighted by molar-refractivity contribution is 5.79. The van der Waals surface area contributed by atoms with Crippen molar-refractivity contribution >= 4 is 5.97 Å². The number of rotatable bonds is 5. The summed E-state index contributed by atoms with van der Waals surface area (Å²) in [6.07, 6.45) is 3.31. The molecular formula is C14H27N3O2. The van der Waals surface area contributed by atoms with Crippen molar-refractivity contribution in [1.82, 2.24) is 9.80 Å². The number of hydrogen-bond acceptors (Lipinski definition) is 5. The van der Waals surface area contributed by atoms with E-state index in [1.54, 1.807) is 6.92 Å². The van der Waals surface area contributed by atoms with E-state index >= 15 is 0 Å². The van der Waals surface area contributed by atoms with Crippen LogP contribution in [0.25, 0.3) is 0 Å². The van der Waals surface area contributed by atoms with E-state index in [0.717, 1.165) is 32.2 Å². The van der Waals surface area contributed by atoms with E-state index in [0.29, 0.717) is 13.0 Å². The van der Waals surface area contributed by atoms with Crippen molar-refractivity contribution in [2.45, 2.75) is 44.7 Å². The Morgan fingerprint density at radius 2 is 2.21 bits per heavy atom. The Hall–Kier alpha value is -0.650. The monoisotopic (exact) mass is 269 g/mol. The minimum atomic E-state index is -0.858. The Labute approximate surface area is 116 Å². The van der Waals surface area contributed by atoms with Crippen LogP contribution in [0.1, 0.15) is 33.1 Å². The second kappa shape index (κ2) is 6.20. The zero-order valence-electron chi connectivity index (χ0n) is 12.2. The molecule has 110 valence electrons. The van der Waals surface area contributed by atoms with Gasteiger partial charge in [0.15, 0.2) is 0 Å². The van der Waals surface area contributed by atoms with E-state index in [1.807, 2.05) is 6.92 Å². The lowest BCUT2D eigenvalue weighted by atomic mass is 9.98. The Morgan fingerprint density at radius 3 is 2.95 bits per heavy atom. The van der Waals surface area contributed by atoms with Crippen molar-refractivity contribution in [3.63, 3.8) is 0 Å². The molecule has 0 radical (unpaired) electrons. The van der Waals surface area contributed by atoms with Gasteiger partial charge in [-0.05, 0) is 39.7 Å². The highest BCUT2D eigenvalue weighted by Gasteiger charge is 2.33. The first-order valence-corrected chi connectivity index (χ1v) is 7.45. The van der Waals surface area contributed by atoms with Crippen molar-refractivity contribution in [1.29, 1.82) is 0 Å². The average molecular weight is 269 g/mol. The molecule has 2 rings (SSSR count). The first kappa shape index (κ1) is 14.8. The fraction of sp³-hybridized carbons (Fsp3) is 0.929. The maximum atomic E-state index is 11.7. The van der Waals surface area contributed by atoms with Crippen molar-refractivity contribution < 1.29 is 9.53 Å². The molecule has 5 heteroatoms. The summed E-state index contributed by atoms with van der Waals surface area (Å²) in [7, 11) is 0. The number of nitrogens with zero attached hydrogens (tertiary/aromatic N) is 2. The van der Waals surface area contributed by atoms with Crippen molar-refractivity contribution in [2.75, 3.05) is 39.3 Å². The highest BCUT2D eigenvalue weighted by atomic mass is 16.5. The Kier molecular flexibility index (Phi) is 4.81. The van der Waals surface area contributed by atoms with Crippen LogP contribution in [0.5, 0.6) is 0 Å². The molecule has 2 heterocycles. The minimum Gasteiger partial charge on any atom is -0.465 e. The van der Waals surface area contributed by atoms with Crippen molar-refractivity contribution in [2.24, 2.45) is 5.73 Å². The van der Waals surface area contributed by atoms with Crippen LogP contribution in [0.2, 0.25) is 0 Å². The van der Waals surface area contributed by atoms with Crippen LogP contribution in [0.3, 0.4) is 0 Å². The fourth-order valence-corrected chi connectivity index (χ4v) is 3.05. The predicted octanol–water partition coefficient (Wildman–Crippen LogP) is 0.437. The Bertz CT molecular complexity index is 320. The third-order valence-electron chi connectivity index (χ3n) is 4.36. The predicted molar refractivity (Wildman–Crippen MR) is 74.9 cm³/mol. The Balaban J connectivity index is 1.77. The number of hydrogen-bond donors (Lipinski definition) is 1. The van der Waals surface area contributed by atoms with E-state index in [2.05, 4.69) is 9.80 Å². The normalized spacial score (nSPS) is 27.8. The number of fused-ring (bicyclic) bond motifs is 1. The van der Waals surface area contributed by atoms with E-state index in [4.69, 9.17) is 10.5 Å². The number of carbonyl (C=O) groups excluding carboxylic acids is 1. The van der Waals surface area contributed by atoms with Crippen molar-refractivity contribution in [3.8, 4) is 0 Å². The molecule has 2 N–H and O–H groups in total. The lowest BCUT2D eigenvalue weighted by molar-refractivity contribution is -0.149. The summed E-state index contributed by atoms with van der Waals surface area (Å²) >= 11 is 0. The Morgan fingerprint density at radius 1 is 1.42 bits per heavy atom. The van der Waals surface area contributed by atoms with Gasteiger partial charge >= 0.3 is 5.97 Å². The molecule has 0 bridgehead atoms. The van der Waals surface area contributed by atoms with Crippen LogP contribution in [0, 0.1) is 0 Å². The van der Waals surface area contributed by atoms with Gasteiger partial charge in [0, 0.05) is 32.2 Å². The first-order chi connectivity index (χ1) is 9.03. The van der Waals surface area contributed by atoms with Crippen LogP contribution >= 0.6 is 0 Å². The number of carbonyl (C=O) groups is 1. The number of ether oxygens (including phenoxy) is 1. The molecule has 2 aliphatic heterocycles. The maximum absolute atomic E-state index is 11.7. The molecule has 0 aromatic heterocycles. The third-order valence-corrected chi connectivity index (χ3v) is 4.36. The average Bonchev–Trinajstić information content (AvgIpc) is 2.84. The molecule has 2 saturated heterocycles. The standard InChI is InChI=1S/C14H27N3O2/c1-3-19-13(18)14(2,15)6-8-16-9-10-17-7-4-5-12(17)11-16/h12H,3-11,15H2,1-2H3. The summed E-state index contributed by atoms with van der Waals surface area (Å²) in [5, 5.41) is 0. The summed E-state index contributed by atoms with van der Waals surface area (Å²) in [6.45, 7) is 9.50. The molecule has 5 nitrogen and oxygen atoms in total. The molecule has 19 heavy (non-hydrogen) atoms. The largest absolute Gasteiger partial charge is 0.465 e. The van der Waals surface area contributed by atoms with Gasteiger partial charge in [-0.1, -0.05) is 0 Å². The van der Waals surface area contributed by atoms with Gasteiger partial charge in [0.2, 0.25) is 0 Å². The highest BCUT2D eigenvalue weighted by Crippen LogP contribution is 2.22. The number of esters is 1. The molecule has 0 aromatic rings. The lowest BCUT2D eigenvalue weighted by Gasteiger charge is -2.38. The van der Waals surface area contributed by atoms with Gasteiger partial charge in [0.05, 0.1) is 6.61 Å². The van der Waals surface area contributed by atoms with E-state index in [-0.39, 0.29) is 5.97 Å². The van der Waals surface area contributed by atoms with Gasteiger partial charge in [-0.3, -0.25) is 9.69 Å². The van der Waals surface area contributed by atoms with Gasteiger partial charge in [-0.2, -0.15) is 0 Å². The molecule has 2 fully saturated rings. The summed E-state index contributed by atoms with van der Waals surface area (Å²) < 4.78 is 5.03. The maximum Gasteiger partial charge on any atom is 0.325 e. The third kappa shape index (κ3) is 3.68. The van der Waals surface area contributed by atoms with Gasteiger partial charge in [0.25, 0.3) is 0 Å². The van der Waals surface area contributed by atoms with Crippen molar-refractivity contribution in [3.05, 3.63) is 0 Å². The fourth-order valence-electron chi connectivity index (χ4n) is 3.05.